The third-order valence-corrected chi connectivity index (χ3v) is 4.17. The molecule has 0 radical (unpaired) electrons. The fraction of sp³-hybridized carbons (Fsp3) is 0.923. The van der Waals surface area contributed by atoms with Crippen molar-refractivity contribution in [2.45, 2.75) is 52.1 Å². The van der Waals surface area contributed by atoms with Crippen LogP contribution in [0.5, 0.6) is 0 Å². The van der Waals surface area contributed by atoms with Crippen LogP contribution in [0, 0.1) is 0 Å². The van der Waals surface area contributed by atoms with Gasteiger partial charge in [0, 0.05) is 32.2 Å². The second-order valence-corrected chi connectivity index (χ2v) is 5.70. The molecule has 1 aliphatic heterocycles. The Kier molecular flexibility index (Phi) is 5.41. The van der Waals surface area contributed by atoms with E-state index in [4.69, 9.17) is 10.9 Å². The van der Waals surface area contributed by atoms with Gasteiger partial charge in [-0.05, 0) is 27.2 Å². The lowest BCUT2D eigenvalue weighted by atomic mass is 9.99. The first-order valence-corrected chi connectivity index (χ1v) is 6.90. The van der Waals surface area contributed by atoms with Gasteiger partial charge in [0.1, 0.15) is 0 Å². The zero-order chi connectivity index (χ0) is 13.8. The van der Waals surface area contributed by atoms with Crippen molar-refractivity contribution in [3.05, 3.63) is 0 Å². The number of amidine groups is 1. The van der Waals surface area contributed by atoms with E-state index in [9.17, 15) is 0 Å². The molecule has 0 aromatic heterocycles. The first-order valence-electron chi connectivity index (χ1n) is 6.90. The number of nitrogens with two attached hydrogens (primary N) is 1. The zero-order valence-corrected chi connectivity index (χ0v) is 12.2. The second kappa shape index (κ2) is 6.38. The maximum atomic E-state index is 8.84. The molecule has 1 heterocycles. The predicted molar refractivity (Wildman–Crippen MR) is 75.0 cm³/mol. The Balaban J connectivity index is 2.53. The Morgan fingerprint density at radius 3 is 2.33 bits per heavy atom. The Morgan fingerprint density at radius 2 is 1.89 bits per heavy atom. The average molecular weight is 256 g/mol. The molecule has 1 saturated heterocycles. The Hall–Kier alpha value is -0.810. The highest BCUT2D eigenvalue weighted by molar-refractivity contribution is 5.88. The summed E-state index contributed by atoms with van der Waals surface area (Å²) in [7, 11) is 0. The maximum absolute atomic E-state index is 8.84. The first kappa shape index (κ1) is 15.2. The van der Waals surface area contributed by atoms with Gasteiger partial charge in [-0.25, -0.2) is 0 Å². The van der Waals surface area contributed by atoms with Crippen LogP contribution in [0.15, 0.2) is 5.16 Å². The Bertz CT molecular complexity index is 283. The van der Waals surface area contributed by atoms with Gasteiger partial charge in [-0.1, -0.05) is 18.5 Å². The molecule has 3 N–H and O–H groups in total. The Morgan fingerprint density at radius 1 is 1.33 bits per heavy atom. The lowest BCUT2D eigenvalue weighted by molar-refractivity contribution is 0.0608. The van der Waals surface area contributed by atoms with Crippen LogP contribution in [0.25, 0.3) is 0 Å². The molecule has 1 aliphatic rings. The molecule has 0 aliphatic carbocycles. The van der Waals surface area contributed by atoms with Crippen molar-refractivity contribution in [3.8, 4) is 0 Å². The van der Waals surface area contributed by atoms with Gasteiger partial charge in [-0.2, -0.15) is 0 Å². The van der Waals surface area contributed by atoms with Crippen LogP contribution in [0.2, 0.25) is 0 Å². The van der Waals surface area contributed by atoms with Crippen molar-refractivity contribution >= 4 is 5.84 Å². The summed E-state index contributed by atoms with van der Waals surface area (Å²) >= 11 is 0. The van der Waals surface area contributed by atoms with E-state index in [0.29, 0.717) is 6.04 Å². The van der Waals surface area contributed by atoms with E-state index < -0.39 is 0 Å². The molecule has 0 aromatic rings. The normalized spacial score (nSPS) is 22.1. The number of hydrogen-bond acceptors (Lipinski definition) is 4. The third-order valence-electron chi connectivity index (χ3n) is 4.17. The topological polar surface area (TPSA) is 65.1 Å². The fourth-order valence-electron chi connectivity index (χ4n) is 2.61. The molecule has 1 unspecified atom stereocenters. The summed E-state index contributed by atoms with van der Waals surface area (Å²) in [5.41, 5.74) is 5.40. The van der Waals surface area contributed by atoms with Crippen LogP contribution >= 0.6 is 0 Å². The van der Waals surface area contributed by atoms with E-state index in [2.05, 4.69) is 28.8 Å². The molecule has 1 atom stereocenters. The predicted octanol–water partition coefficient (Wildman–Crippen LogP) is 1.32. The molecule has 0 saturated carbocycles. The van der Waals surface area contributed by atoms with Crippen LogP contribution in [0.1, 0.15) is 40.5 Å². The summed E-state index contributed by atoms with van der Waals surface area (Å²) in [6.45, 7) is 12.6. The SMILES string of the molecule is CCCC(C)N1CCN(C(C)(C)C(N)=NO)CC1. The number of oxime groups is 1. The van der Waals surface area contributed by atoms with Gasteiger partial charge >= 0.3 is 0 Å². The van der Waals surface area contributed by atoms with Crippen molar-refractivity contribution in [2.24, 2.45) is 10.9 Å². The highest BCUT2D eigenvalue weighted by atomic mass is 16.4. The minimum Gasteiger partial charge on any atom is -0.409 e. The largest absolute Gasteiger partial charge is 0.409 e. The minimum atomic E-state index is -0.366. The van der Waals surface area contributed by atoms with E-state index >= 15 is 0 Å². The average Bonchev–Trinajstić information content (AvgIpc) is 2.38. The van der Waals surface area contributed by atoms with E-state index in [1.54, 1.807) is 0 Å². The van der Waals surface area contributed by atoms with Crippen LogP contribution in [-0.2, 0) is 0 Å². The summed E-state index contributed by atoms with van der Waals surface area (Å²) in [6, 6.07) is 0.657. The zero-order valence-electron chi connectivity index (χ0n) is 12.2. The van der Waals surface area contributed by atoms with Crippen molar-refractivity contribution in [1.82, 2.24) is 9.80 Å². The molecule has 106 valence electrons. The van der Waals surface area contributed by atoms with Gasteiger partial charge in [0.05, 0.1) is 5.54 Å². The second-order valence-electron chi connectivity index (χ2n) is 5.70. The molecular weight excluding hydrogens is 228 g/mol. The Labute approximate surface area is 111 Å². The van der Waals surface area contributed by atoms with E-state index in [0.717, 1.165) is 26.2 Å². The van der Waals surface area contributed by atoms with E-state index in [1.807, 2.05) is 13.8 Å². The minimum absolute atomic E-state index is 0.289. The summed E-state index contributed by atoms with van der Waals surface area (Å²) in [5.74, 6) is 0.289. The van der Waals surface area contributed by atoms with Crippen LogP contribution < -0.4 is 5.73 Å². The van der Waals surface area contributed by atoms with Gasteiger partial charge in [0.15, 0.2) is 5.84 Å². The highest BCUT2D eigenvalue weighted by Gasteiger charge is 2.34. The standard InChI is InChI=1S/C13H28N4O/c1-5-6-11(2)16-7-9-17(10-8-16)13(3,4)12(14)15-18/h11,18H,5-10H2,1-4H3,(H2,14,15). The van der Waals surface area contributed by atoms with Crippen LogP contribution in [0.4, 0.5) is 0 Å². The highest BCUT2D eigenvalue weighted by Crippen LogP contribution is 2.19. The summed E-state index contributed by atoms with van der Waals surface area (Å²) < 4.78 is 0. The van der Waals surface area contributed by atoms with Crippen LogP contribution in [0.3, 0.4) is 0 Å². The van der Waals surface area contributed by atoms with Gasteiger partial charge < -0.3 is 10.9 Å². The molecule has 1 fully saturated rings. The smallest absolute Gasteiger partial charge is 0.159 e. The number of piperazine rings is 1. The molecule has 5 nitrogen and oxygen atoms in total. The van der Waals surface area contributed by atoms with Crippen molar-refractivity contribution in [1.29, 1.82) is 0 Å². The third kappa shape index (κ3) is 3.36. The van der Waals surface area contributed by atoms with Gasteiger partial charge in [0.2, 0.25) is 0 Å². The molecule has 18 heavy (non-hydrogen) atoms. The van der Waals surface area contributed by atoms with Gasteiger partial charge in [-0.15, -0.1) is 0 Å². The molecule has 1 rings (SSSR count). The molecule has 0 spiro atoms. The molecule has 0 aromatic carbocycles. The monoisotopic (exact) mass is 256 g/mol. The number of nitrogens with zero attached hydrogens (tertiary/aromatic N) is 3. The lowest BCUT2D eigenvalue weighted by Gasteiger charge is -2.44. The van der Waals surface area contributed by atoms with Crippen LogP contribution in [-0.4, -0.2) is 58.6 Å². The quantitative estimate of drug-likeness (QED) is 0.337. The van der Waals surface area contributed by atoms with Crippen molar-refractivity contribution in [2.75, 3.05) is 26.2 Å². The molecular formula is C13H28N4O. The fourth-order valence-corrected chi connectivity index (χ4v) is 2.61. The molecule has 5 heteroatoms. The number of rotatable bonds is 5. The molecule has 0 bridgehead atoms. The van der Waals surface area contributed by atoms with E-state index in [1.165, 1.54) is 12.8 Å². The van der Waals surface area contributed by atoms with Crippen molar-refractivity contribution in [3.63, 3.8) is 0 Å². The van der Waals surface area contributed by atoms with Crippen molar-refractivity contribution < 1.29 is 5.21 Å². The van der Waals surface area contributed by atoms with Gasteiger partial charge in [0.25, 0.3) is 0 Å². The summed E-state index contributed by atoms with van der Waals surface area (Å²) in [5, 5.41) is 12.0. The summed E-state index contributed by atoms with van der Waals surface area (Å²) in [6.07, 6.45) is 2.49. The maximum Gasteiger partial charge on any atom is 0.159 e. The number of hydrogen-bond donors (Lipinski definition) is 2. The van der Waals surface area contributed by atoms with E-state index in [-0.39, 0.29) is 11.4 Å². The first-order chi connectivity index (χ1) is 8.43. The molecule has 0 amide bonds. The lowest BCUT2D eigenvalue weighted by Crippen LogP contribution is -2.60. The summed E-state index contributed by atoms with van der Waals surface area (Å²) in [4.78, 5) is 4.82. The van der Waals surface area contributed by atoms with Gasteiger partial charge in [-0.3, -0.25) is 9.80 Å².